The van der Waals surface area contributed by atoms with E-state index < -0.39 is 17.5 Å². The lowest BCUT2D eigenvalue weighted by molar-refractivity contribution is 0.00643. The van der Waals surface area contributed by atoms with Crippen molar-refractivity contribution in [1.82, 2.24) is 0 Å². The molecular formula is C17H24O4. The van der Waals surface area contributed by atoms with Crippen LogP contribution in [0.3, 0.4) is 0 Å². The number of hydrogen-bond donors (Lipinski definition) is 0. The summed E-state index contributed by atoms with van der Waals surface area (Å²) in [6.07, 6.45) is 1.81. The van der Waals surface area contributed by atoms with Gasteiger partial charge in [0.25, 0.3) is 0 Å². The molecule has 0 spiro atoms. The molecule has 0 aliphatic carbocycles. The minimum absolute atomic E-state index is 0.253. The Balaban J connectivity index is 3.17. The van der Waals surface area contributed by atoms with Crippen molar-refractivity contribution in [3.8, 4) is 0 Å². The van der Waals surface area contributed by atoms with E-state index in [0.29, 0.717) is 0 Å². The van der Waals surface area contributed by atoms with E-state index in [1.165, 1.54) is 0 Å². The van der Waals surface area contributed by atoms with Crippen LogP contribution in [0.25, 0.3) is 0 Å². The van der Waals surface area contributed by atoms with Gasteiger partial charge < -0.3 is 9.47 Å². The molecule has 116 valence electrons. The number of benzene rings is 1. The first-order valence-corrected chi connectivity index (χ1v) is 7.32. The molecule has 1 rings (SSSR count). The molecule has 0 aliphatic rings. The van der Waals surface area contributed by atoms with Crippen molar-refractivity contribution in [3.63, 3.8) is 0 Å². The smallest absolute Gasteiger partial charge is 0.339 e. The molecular weight excluding hydrogens is 268 g/mol. The molecule has 0 atom stereocenters. The third-order valence-electron chi connectivity index (χ3n) is 2.74. The highest BCUT2D eigenvalue weighted by Crippen LogP contribution is 2.19. The SMILES string of the molecule is CCCc1ccc(C(=O)OC(C)(C)C)c(C(=O)OCC)c1. The molecule has 0 saturated carbocycles. The van der Waals surface area contributed by atoms with Gasteiger partial charge in [-0.3, -0.25) is 0 Å². The summed E-state index contributed by atoms with van der Waals surface area (Å²) in [5, 5.41) is 0. The number of carbonyl (C=O) groups excluding carboxylic acids is 2. The third kappa shape index (κ3) is 5.21. The fourth-order valence-corrected chi connectivity index (χ4v) is 1.92. The van der Waals surface area contributed by atoms with Gasteiger partial charge in [0.15, 0.2) is 0 Å². The molecule has 0 aromatic heterocycles. The first-order chi connectivity index (χ1) is 9.78. The number of aryl methyl sites for hydroxylation is 1. The summed E-state index contributed by atoms with van der Waals surface area (Å²) in [5.41, 5.74) is 0.929. The van der Waals surface area contributed by atoms with Crippen LogP contribution in [0.1, 0.15) is 67.3 Å². The van der Waals surface area contributed by atoms with E-state index >= 15 is 0 Å². The second-order valence-corrected chi connectivity index (χ2v) is 5.85. The minimum Gasteiger partial charge on any atom is -0.462 e. The standard InChI is InChI=1S/C17H24O4/c1-6-8-12-9-10-13(16(19)21-17(3,4)5)14(11-12)15(18)20-7-2/h9-11H,6-8H2,1-5H3. The predicted molar refractivity (Wildman–Crippen MR) is 81.6 cm³/mol. The predicted octanol–water partition coefficient (Wildman–Crippen LogP) is 3.77. The van der Waals surface area contributed by atoms with Gasteiger partial charge in [-0.15, -0.1) is 0 Å². The van der Waals surface area contributed by atoms with Crippen LogP contribution < -0.4 is 0 Å². The van der Waals surface area contributed by atoms with Gasteiger partial charge in [-0.25, -0.2) is 9.59 Å². The minimum atomic E-state index is -0.606. The highest BCUT2D eigenvalue weighted by atomic mass is 16.6. The quantitative estimate of drug-likeness (QED) is 0.775. The molecule has 0 saturated heterocycles. The summed E-state index contributed by atoms with van der Waals surface area (Å²) < 4.78 is 10.4. The molecule has 4 heteroatoms. The van der Waals surface area contributed by atoms with Crippen LogP contribution in [0.5, 0.6) is 0 Å². The molecule has 0 N–H and O–H groups in total. The Bertz CT molecular complexity index is 512. The van der Waals surface area contributed by atoms with Gasteiger partial charge in [-0.1, -0.05) is 19.4 Å². The monoisotopic (exact) mass is 292 g/mol. The fraction of sp³-hybridized carbons (Fsp3) is 0.529. The number of ether oxygens (including phenoxy) is 2. The summed E-state index contributed by atoms with van der Waals surface area (Å²) in [4.78, 5) is 24.3. The first-order valence-electron chi connectivity index (χ1n) is 7.32. The second kappa shape index (κ2) is 7.25. The average molecular weight is 292 g/mol. The van der Waals surface area contributed by atoms with E-state index in [1.54, 1.807) is 39.8 Å². The summed E-state index contributed by atoms with van der Waals surface area (Å²) >= 11 is 0. The van der Waals surface area contributed by atoms with Crippen molar-refractivity contribution in [2.75, 3.05) is 6.61 Å². The van der Waals surface area contributed by atoms with Crippen molar-refractivity contribution >= 4 is 11.9 Å². The maximum absolute atomic E-state index is 12.2. The van der Waals surface area contributed by atoms with Crippen LogP contribution in [0.4, 0.5) is 0 Å². The van der Waals surface area contributed by atoms with Gasteiger partial charge in [0.2, 0.25) is 0 Å². The van der Waals surface area contributed by atoms with E-state index in [1.807, 2.05) is 6.07 Å². The largest absolute Gasteiger partial charge is 0.462 e. The number of carbonyl (C=O) groups is 2. The highest BCUT2D eigenvalue weighted by molar-refractivity contribution is 6.03. The molecule has 0 unspecified atom stereocenters. The summed E-state index contributed by atoms with van der Waals surface area (Å²) in [6.45, 7) is 9.44. The van der Waals surface area contributed by atoms with E-state index in [-0.39, 0.29) is 17.7 Å². The Hall–Kier alpha value is -1.84. The van der Waals surface area contributed by atoms with Gasteiger partial charge >= 0.3 is 11.9 Å². The van der Waals surface area contributed by atoms with Gasteiger partial charge in [-0.05, 0) is 51.8 Å². The second-order valence-electron chi connectivity index (χ2n) is 5.85. The topological polar surface area (TPSA) is 52.6 Å². The Kier molecular flexibility index (Phi) is 5.94. The normalized spacial score (nSPS) is 11.1. The van der Waals surface area contributed by atoms with Crippen LogP contribution >= 0.6 is 0 Å². The Morgan fingerprint density at radius 3 is 2.24 bits per heavy atom. The molecule has 0 aliphatic heterocycles. The fourth-order valence-electron chi connectivity index (χ4n) is 1.92. The molecule has 21 heavy (non-hydrogen) atoms. The molecule has 0 radical (unpaired) electrons. The van der Waals surface area contributed by atoms with Crippen molar-refractivity contribution in [1.29, 1.82) is 0 Å². The molecule has 0 amide bonds. The Labute approximate surface area is 126 Å². The van der Waals surface area contributed by atoms with Crippen molar-refractivity contribution in [3.05, 3.63) is 34.9 Å². The van der Waals surface area contributed by atoms with E-state index in [2.05, 4.69) is 6.92 Å². The van der Waals surface area contributed by atoms with Gasteiger partial charge in [0.05, 0.1) is 17.7 Å². The highest BCUT2D eigenvalue weighted by Gasteiger charge is 2.23. The van der Waals surface area contributed by atoms with E-state index in [4.69, 9.17) is 9.47 Å². The maximum atomic E-state index is 12.2. The summed E-state index contributed by atoms with van der Waals surface area (Å²) in [6, 6.07) is 5.22. The summed E-state index contributed by atoms with van der Waals surface area (Å²) in [5.74, 6) is -0.995. The number of hydrogen-bond acceptors (Lipinski definition) is 4. The van der Waals surface area contributed by atoms with Crippen LogP contribution in [0.15, 0.2) is 18.2 Å². The lowest BCUT2D eigenvalue weighted by Gasteiger charge is -2.20. The molecule has 0 fully saturated rings. The van der Waals surface area contributed by atoms with Gasteiger partial charge in [-0.2, -0.15) is 0 Å². The van der Waals surface area contributed by atoms with E-state index in [0.717, 1.165) is 18.4 Å². The average Bonchev–Trinajstić information content (AvgIpc) is 2.37. The molecule has 1 aromatic carbocycles. The zero-order valence-electron chi connectivity index (χ0n) is 13.5. The van der Waals surface area contributed by atoms with Gasteiger partial charge in [0, 0.05) is 0 Å². The van der Waals surface area contributed by atoms with Crippen LogP contribution in [-0.2, 0) is 15.9 Å². The Morgan fingerprint density at radius 2 is 1.71 bits per heavy atom. The van der Waals surface area contributed by atoms with Crippen molar-refractivity contribution in [2.45, 2.75) is 53.1 Å². The van der Waals surface area contributed by atoms with Crippen LogP contribution in [-0.4, -0.2) is 24.1 Å². The van der Waals surface area contributed by atoms with Crippen LogP contribution in [0.2, 0.25) is 0 Å². The van der Waals surface area contributed by atoms with Gasteiger partial charge in [0.1, 0.15) is 5.60 Å². The lowest BCUT2D eigenvalue weighted by atomic mass is 10.0. The zero-order valence-corrected chi connectivity index (χ0v) is 13.5. The van der Waals surface area contributed by atoms with Crippen LogP contribution in [0, 0.1) is 0 Å². The van der Waals surface area contributed by atoms with E-state index in [9.17, 15) is 9.59 Å². The number of esters is 2. The molecule has 1 aromatic rings. The molecule has 4 nitrogen and oxygen atoms in total. The maximum Gasteiger partial charge on any atom is 0.339 e. The Morgan fingerprint density at radius 1 is 1.05 bits per heavy atom. The summed E-state index contributed by atoms with van der Waals surface area (Å²) in [7, 11) is 0. The van der Waals surface area contributed by atoms with Crippen molar-refractivity contribution < 1.29 is 19.1 Å². The first kappa shape index (κ1) is 17.2. The number of rotatable bonds is 5. The zero-order chi connectivity index (χ0) is 16.0. The third-order valence-corrected chi connectivity index (χ3v) is 2.74. The molecule has 0 heterocycles. The lowest BCUT2D eigenvalue weighted by Crippen LogP contribution is -2.25. The van der Waals surface area contributed by atoms with Crippen molar-refractivity contribution in [2.24, 2.45) is 0 Å². The molecule has 0 bridgehead atoms.